The lowest BCUT2D eigenvalue weighted by molar-refractivity contribution is 0.297. The van der Waals surface area contributed by atoms with E-state index in [0.717, 1.165) is 4.34 Å². The van der Waals surface area contributed by atoms with E-state index >= 15 is 0 Å². The Morgan fingerprint density at radius 3 is 3.00 bits per heavy atom. The maximum absolute atomic E-state index is 6.09. The molecule has 1 aromatic rings. The first-order chi connectivity index (χ1) is 8.16. The monoisotopic (exact) mass is 269 g/mol. The van der Waals surface area contributed by atoms with Crippen LogP contribution in [0.2, 0.25) is 4.34 Å². The minimum absolute atomic E-state index is 0.544. The van der Waals surface area contributed by atoms with E-state index in [1.807, 2.05) is 0 Å². The molecule has 2 aliphatic carbocycles. The summed E-state index contributed by atoms with van der Waals surface area (Å²) in [7, 11) is 0. The first-order valence-corrected chi connectivity index (χ1v) is 7.87. The van der Waals surface area contributed by atoms with Crippen molar-refractivity contribution in [1.29, 1.82) is 0 Å². The van der Waals surface area contributed by atoms with Crippen molar-refractivity contribution in [3.05, 3.63) is 20.8 Å². The van der Waals surface area contributed by atoms with E-state index in [1.54, 1.807) is 11.3 Å². The summed E-state index contributed by atoms with van der Waals surface area (Å²) >= 11 is 7.85. The Bertz CT molecular complexity index is 406. The maximum Gasteiger partial charge on any atom is 0.0934 e. The lowest BCUT2D eigenvalue weighted by Crippen LogP contribution is -2.31. The van der Waals surface area contributed by atoms with Crippen molar-refractivity contribution in [2.24, 2.45) is 5.41 Å². The van der Waals surface area contributed by atoms with Gasteiger partial charge in [0.25, 0.3) is 0 Å². The Hall–Kier alpha value is -0.0500. The van der Waals surface area contributed by atoms with Gasteiger partial charge in [0, 0.05) is 17.5 Å². The number of aryl methyl sites for hydroxylation is 1. The van der Waals surface area contributed by atoms with Gasteiger partial charge in [-0.05, 0) is 42.7 Å². The zero-order chi connectivity index (χ0) is 11.9. The number of halogens is 1. The molecule has 0 aliphatic heterocycles. The highest BCUT2D eigenvalue weighted by molar-refractivity contribution is 7.16. The predicted octanol–water partition coefficient (Wildman–Crippen LogP) is 4.56. The third-order valence-electron chi connectivity index (χ3n) is 4.43. The minimum atomic E-state index is 0.544. The molecule has 0 bridgehead atoms. The van der Waals surface area contributed by atoms with Crippen LogP contribution in [0.4, 0.5) is 0 Å². The van der Waals surface area contributed by atoms with Gasteiger partial charge < -0.3 is 5.32 Å². The van der Waals surface area contributed by atoms with E-state index in [2.05, 4.69) is 18.3 Å². The number of nitrogens with one attached hydrogen (secondary N) is 1. The van der Waals surface area contributed by atoms with Gasteiger partial charge in [-0.1, -0.05) is 31.4 Å². The molecule has 17 heavy (non-hydrogen) atoms. The molecule has 3 heteroatoms. The van der Waals surface area contributed by atoms with Gasteiger partial charge in [-0.2, -0.15) is 0 Å². The van der Waals surface area contributed by atoms with Crippen LogP contribution in [-0.2, 0) is 6.42 Å². The Balaban J connectivity index is 1.63. The number of hydrogen-bond acceptors (Lipinski definition) is 2. The molecule has 1 N–H and O–H groups in total. The number of hydrogen-bond donors (Lipinski definition) is 1. The molecule has 1 heterocycles. The Morgan fingerprint density at radius 1 is 1.47 bits per heavy atom. The highest BCUT2D eigenvalue weighted by Crippen LogP contribution is 2.41. The average molecular weight is 270 g/mol. The third kappa shape index (κ3) is 2.40. The van der Waals surface area contributed by atoms with Crippen molar-refractivity contribution in [2.45, 2.75) is 51.5 Å². The van der Waals surface area contributed by atoms with Crippen LogP contribution in [0.15, 0.2) is 6.07 Å². The van der Waals surface area contributed by atoms with E-state index in [1.165, 1.54) is 55.5 Å². The van der Waals surface area contributed by atoms with Crippen LogP contribution < -0.4 is 5.32 Å². The largest absolute Gasteiger partial charge is 0.309 e. The van der Waals surface area contributed by atoms with Crippen molar-refractivity contribution in [3.63, 3.8) is 0 Å². The first kappa shape index (κ1) is 12.0. The van der Waals surface area contributed by atoms with Crippen LogP contribution in [-0.4, -0.2) is 6.54 Å². The molecule has 0 spiro atoms. The molecule has 0 radical (unpaired) electrons. The van der Waals surface area contributed by atoms with Gasteiger partial charge in [0.2, 0.25) is 0 Å². The van der Waals surface area contributed by atoms with Gasteiger partial charge in [-0.15, -0.1) is 11.3 Å². The molecule has 0 amide bonds. The summed E-state index contributed by atoms with van der Waals surface area (Å²) in [6.45, 7) is 3.61. The summed E-state index contributed by atoms with van der Waals surface area (Å²) in [5.74, 6) is 0. The van der Waals surface area contributed by atoms with Crippen LogP contribution in [0.3, 0.4) is 0 Å². The molecule has 0 aromatic carbocycles. The highest BCUT2D eigenvalue weighted by Gasteiger charge is 2.31. The van der Waals surface area contributed by atoms with Crippen molar-refractivity contribution in [2.75, 3.05) is 6.54 Å². The highest BCUT2D eigenvalue weighted by atomic mass is 35.5. The molecule has 1 unspecified atom stereocenters. The fraction of sp³-hybridized carbons (Fsp3) is 0.714. The summed E-state index contributed by atoms with van der Waals surface area (Å²) in [6.07, 6.45) is 8.08. The molecule has 1 nitrogen and oxygen atoms in total. The van der Waals surface area contributed by atoms with Crippen LogP contribution in [0.1, 0.15) is 55.5 Å². The van der Waals surface area contributed by atoms with Crippen LogP contribution in [0, 0.1) is 5.41 Å². The molecule has 1 aromatic heterocycles. The number of thiophene rings is 1. The summed E-state index contributed by atoms with van der Waals surface area (Å²) in [6, 6.07) is 2.73. The topological polar surface area (TPSA) is 12.0 Å². The Labute approximate surface area is 113 Å². The Kier molecular flexibility index (Phi) is 3.22. The standard InChI is InChI=1S/C14H20ClNS/c1-14(6-2-3-7-14)9-16-11-4-5-12-10(11)8-13(15)17-12/h8,11,16H,2-7,9H2,1H3. The lowest BCUT2D eigenvalue weighted by atomic mass is 9.88. The SMILES string of the molecule is CC1(CNC2CCc3sc(Cl)cc32)CCCC1. The molecule has 1 fully saturated rings. The molecule has 3 rings (SSSR count). The smallest absolute Gasteiger partial charge is 0.0934 e. The molecular weight excluding hydrogens is 250 g/mol. The van der Waals surface area contributed by atoms with Gasteiger partial charge in [0.15, 0.2) is 0 Å². The Morgan fingerprint density at radius 2 is 2.24 bits per heavy atom. The third-order valence-corrected chi connectivity index (χ3v) is 5.77. The molecule has 1 saturated carbocycles. The van der Waals surface area contributed by atoms with Crippen LogP contribution >= 0.6 is 22.9 Å². The second-order valence-electron chi connectivity index (χ2n) is 5.92. The second-order valence-corrected chi connectivity index (χ2v) is 7.69. The molecular formula is C14H20ClNS. The van der Waals surface area contributed by atoms with E-state index in [9.17, 15) is 0 Å². The van der Waals surface area contributed by atoms with E-state index in [0.29, 0.717) is 11.5 Å². The summed E-state index contributed by atoms with van der Waals surface area (Å²) < 4.78 is 0.952. The first-order valence-electron chi connectivity index (χ1n) is 6.68. The summed E-state index contributed by atoms with van der Waals surface area (Å²) in [4.78, 5) is 1.50. The van der Waals surface area contributed by atoms with Crippen molar-refractivity contribution in [3.8, 4) is 0 Å². The normalized spacial score (nSPS) is 26.4. The van der Waals surface area contributed by atoms with E-state index in [-0.39, 0.29) is 0 Å². The van der Waals surface area contributed by atoms with E-state index < -0.39 is 0 Å². The zero-order valence-corrected chi connectivity index (χ0v) is 12.0. The molecule has 94 valence electrons. The second kappa shape index (κ2) is 4.56. The predicted molar refractivity (Wildman–Crippen MR) is 75.0 cm³/mol. The maximum atomic E-state index is 6.09. The molecule has 0 saturated heterocycles. The van der Waals surface area contributed by atoms with Crippen molar-refractivity contribution in [1.82, 2.24) is 5.32 Å². The minimum Gasteiger partial charge on any atom is -0.309 e. The van der Waals surface area contributed by atoms with Crippen LogP contribution in [0.5, 0.6) is 0 Å². The zero-order valence-electron chi connectivity index (χ0n) is 10.4. The van der Waals surface area contributed by atoms with Crippen LogP contribution in [0.25, 0.3) is 0 Å². The lowest BCUT2D eigenvalue weighted by Gasteiger charge is -2.26. The molecule has 2 aliphatic rings. The van der Waals surface area contributed by atoms with Crippen molar-refractivity contribution >= 4 is 22.9 Å². The quantitative estimate of drug-likeness (QED) is 0.848. The number of rotatable bonds is 3. The van der Waals surface area contributed by atoms with Gasteiger partial charge in [-0.25, -0.2) is 0 Å². The van der Waals surface area contributed by atoms with Gasteiger partial charge >= 0.3 is 0 Å². The van der Waals surface area contributed by atoms with Gasteiger partial charge in [-0.3, -0.25) is 0 Å². The van der Waals surface area contributed by atoms with Gasteiger partial charge in [0.1, 0.15) is 0 Å². The van der Waals surface area contributed by atoms with Crippen molar-refractivity contribution < 1.29 is 0 Å². The summed E-state index contributed by atoms with van der Waals surface area (Å²) in [5, 5.41) is 3.78. The molecule has 1 atom stereocenters. The van der Waals surface area contributed by atoms with E-state index in [4.69, 9.17) is 11.6 Å². The number of fused-ring (bicyclic) bond motifs is 1. The average Bonchev–Trinajstić information content (AvgIpc) is 2.93. The fourth-order valence-corrected chi connectivity index (χ4v) is 4.67. The van der Waals surface area contributed by atoms with Gasteiger partial charge in [0.05, 0.1) is 4.34 Å². The fourth-order valence-electron chi connectivity index (χ4n) is 3.32. The summed E-state index contributed by atoms with van der Waals surface area (Å²) in [5.41, 5.74) is 2.02.